The SMILES string of the molecule is Cc1nc(C)c(C)c(N(C)CCCCN2CCOCC2)n1. The number of unbranched alkanes of at least 4 members (excludes halogenated alkanes) is 1. The van der Waals surface area contributed by atoms with Gasteiger partial charge in [-0.2, -0.15) is 0 Å². The molecule has 2 rings (SSSR count). The van der Waals surface area contributed by atoms with Crippen LogP contribution in [0.3, 0.4) is 0 Å². The van der Waals surface area contributed by atoms with Gasteiger partial charge in [0.1, 0.15) is 11.6 Å². The largest absolute Gasteiger partial charge is 0.379 e. The van der Waals surface area contributed by atoms with Gasteiger partial charge in [0.05, 0.1) is 13.2 Å². The van der Waals surface area contributed by atoms with Crippen molar-refractivity contribution in [2.45, 2.75) is 33.6 Å². The average Bonchev–Trinajstić information content (AvgIpc) is 2.48. The monoisotopic (exact) mass is 292 g/mol. The summed E-state index contributed by atoms with van der Waals surface area (Å²) >= 11 is 0. The van der Waals surface area contributed by atoms with Crippen LogP contribution in [0.15, 0.2) is 0 Å². The Labute approximate surface area is 128 Å². The van der Waals surface area contributed by atoms with Gasteiger partial charge >= 0.3 is 0 Å². The van der Waals surface area contributed by atoms with E-state index in [1.807, 2.05) is 6.92 Å². The van der Waals surface area contributed by atoms with Crippen LogP contribution in [0.4, 0.5) is 5.82 Å². The van der Waals surface area contributed by atoms with Crippen LogP contribution >= 0.6 is 0 Å². The van der Waals surface area contributed by atoms with Crippen molar-refractivity contribution >= 4 is 5.82 Å². The molecule has 0 radical (unpaired) electrons. The van der Waals surface area contributed by atoms with E-state index < -0.39 is 0 Å². The third kappa shape index (κ3) is 4.64. The zero-order chi connectivity index (χ0) is 15.2. The highest BCUT2D eigenvalue weighted by atomic mass is 16.5. The first-order valence-corrected chi connectivity index (χ1v) is 7.91. The Balaban J connectivity index is 1.77. The van der Waals surface area contributed by atoms with Crippen LogP contribution in [0, 0.1) is 20.8 Å². The Morgan fingerprint density at radius 1 is 1.10 bits per heavy atom. The van der Waals surface area contributed by atoms with E-state index in [2.05, 4.69) is 40.7 Å². The highest BCUT2D eigenvalue weighted by molar-refractivity contribution is 5.47. The van der Waals surface area contributed by atoms with E-state index in [0.29, 0.717) is 0 Å². The van der Waals surface area contributed by atoms with Crippen molar-refractivity contribution in [1.82, 2.24) is 14.9 Å². The third-order valence-corrected chi connectivity index (χ3v) is 4.16. The topological polar surface area (TPSA) is 41.5 Å². The van der Waals surface area contributed by atoms with Gasteiger partial charge in [0, 0.05) is 37.9 Å². The van der Waals surface area contributed by atoms with Crippen LogP contribution in [0.25, 0.3) is 0 Å². The predicted octanol–water partition coefficient (Wildman–Crippen LogP) is 1.95. The Kier molecular flexibility index (Phi) is 5.94. The Morgan fingerprint density at radius 3 is 2.52 bits per heavy atom. The van der Waals surface area contributed by atoms with Gasteiger partial charge in [0.25, 0.3) is 0 Å². The molecule has 0 bridgehead atoms. The lowest BCUT2D eigenvalue weighted by Crippen LogP contribution is -2.37. The fourth-order valence-corrected chi connectivity index (χ4v) is 2.74. The molecule has 5 heteroatoms. The van der Waals surface area contributed by atoms with Crippen LogP contribution in [0.1, 0.15) is 29.9 Å². The summed E-state index contributed by atoms with van der Waals surface area (Å²) in [6, 6.07) is 0. The second kappa shape index (κ2) is 7.71. The first-order valence-electron chi connectivity index (χ1n) is 7.91. The number of aryl methyl sites for hydroxylation is 2. The predicted molar refractivity (Wildman–Crippen MR) is 86.0 cm³/mol. The van der Waals surface area contributed by atoms with Gasteiger partial charge in [-0.3, -0.25) is 4.90 Å². The molecule has 1 aliphatic rings. The van der Waals surface area contributed by atoms with Crippen molar-refractivity contribution < 1.29 is 4.74 Å². The summed E-state index contributed by atoms with van der Waals surface area (Å²) in [7, 11) is 2.13. The maximum atomic E-state index is 5.37. The van der Waals surface area contributed by atoms with Crippen LogP contribution in [0.5, 0.6) is 0 Å². The zero-order valence-electron chi connectivity index (χ0n) is 13.9. The second-order valence-electron chi connectivity index (χ2n) is 5.89. The first kappa shape index (κ1) is 16.2. The van der Waals surface area contributed by atoms with Crippen molar-refractivity contribution in [1.29, 1.82) is 0 Å². The van der Waals surface area contributed by atoms with E-state index in [-0.39, 0.29) is 0 Å². The average molecular weight is 292 g/mol. The normalized spacial score (nSPS) is 16.2. The smallest absolute Gasteiger partial charge is 0.135 e. The highest BCUT2D eigenvalue weighted by Gasteiger charge is 2.12. The summed E-state index contributed by atoms with van der Waals surface area (Å²) in [5.74, 6) is 1.93. The van der Waals surface area contributed by atoms with E-state index in [1.165, 1.54) is 24.9 Å². The van der Waals surface area contributed by atoms with E-state index in [4.69, 9.17) is 4.74 Å². The van der Waals surface area contributed by atoms with E-state index in [1.54, 1.807) is 0 Å². The number of morpholine rings is 1. The number of aromatic nitrogens is 2. The number of rotatable bonds is 6. The molecule has 1 fully saturated rings. The van der Waals surface area contributed by atoms with Gasteiger partial charge in [-0.05, 0) is 40.2 Å². The highest BCUT2D eigenvalue weighted by Crippen LogP contribution is 2.18. The number of hydrogen-bond acceptors (Lipinski definition) is 5. The third-order valence-electron chi connectivity index (χ3n) is 4.16. The summed E-state index contributed by atoms with van der Waals surface area (Å²) in [5.41, 5.74) is 2.27. The summed E-state index contributed by atoms with van der Waals surface area (Å²) < 4.78 is 5.37. The van der Waals surface area contributed by atoms with Gasteiger partial charge in [-0.15, -0.1) is 0 Å². The van der Waals surface area contributed by atoms with Gasteiger partial charge < -0.3 is 9.64 Å². The van der Waals surface area contributed by atoms with Gasteiger partial charge in [-0.1, -0.05) is 0 Å². The molecule has 0 amide bonds. The molecule has 0 atom stereocenters. The molecule has 0 spiro atoms. The van der Waals surface area contributed by atoms with Crippen molar-refractivity contribution in [2.24, 2.45) is 0 Å². The maximum Gasteiger partial charge on any atom is 0.135 e. The number of nitrogens with zero attached hydrogens (tertiary/aromatic N) is 4. The summed E-state index contributed by atoms with van der Waals surface area (Å²) in [4.78, 5) is 13.8. The van der Waals surface area contributed by atoms with Crippen molar-refractivity contribution in [3.63, 3.8) is 0 Å². The molecule has 1 saturated heterocycles. The molecular formula is C16H28N4O. The molecule has 21 heavy (non-hydrogen) atoms. The van der Waals surface area contributed by atoms with Crippen LogP contribution in [-0.2, 0) is 4.74 Å². The molecule has 5 nitrogen and oxygen atoms in total. The molecule has 0 N–H and O–H groups in total. The van der Waals surface area contributed by atoms with E-state index in [9.17, 15) is 0 Å². The first-order chi connectivity index (χ1) is 10.1. The molecule has 1 aromatic heterocycles. The minimum absolute atomic E-state index is 0.855. The van der Waals surface area contributed by atoms with Crippen molar-refractivity contribution in [3.05, 3.63) is 17.1 Å². The van der Waals surface area contributed by atoms with Gasteiger partial charge in [-0.25, -0.2) is 9.97 Å². The summed E-state index contributed by atoms with van der Waals surface area (Å²) in [6.45, 7) is 12.3. The van der Waals surface area contributed by atoms with Crippen molar-refractivity contribution in [3.8, 4) is 0 Å². The molecule has 0 aromatic carbocycles. The van der Waals surface area contributed by atoms with Gasteiger partial charge in [0.15, 0.2) is 0 Å². The molecule has 0 aliphatic carbocycles. The summed E-state index contributed by atoms with van der Waals surface area (Å²) in [6.07, 6.45) is 2.42. The fourth-order valence-electron chi connectivity index (χ4n) is 2.74. The van der Waals surface area contributed by atoms with Crippen LogP contribution in [-0.4, -0.2) is 61.3 Å². The molecule has 0 saturated carbocycles. The quantitative estimate of drug-likeness (QED) is 0.750. The molecule has 1 aliphatic heterocycles. The fraction of sp³-hybridized carbons (Fsp3) is 0.750. The Hall–Kier alpha value is -1.20. The Morgan fingerprint density at radius 2 is 1.81 bits per heavy atom. The second-order valence-corrected chi connectivity index (χ2v) is 5.89. The Bertz CT molecular complexity index is 458. The minimum Gasteiger partial charge on any atom is -0.379 e. The number of ether oxygens (including phenoxy) is 1. The number of hydrogen-bond donors (Lipinski definition) is 0. The lowest BCUT2D eigenvalue weighted by Gasteiger charge is -2.27. The van der Waals surface area contributed by atoms with Crippen LogP contribution < -0.4 is 4.90 Å². The standard InChI is InChI=1S/C16H28N4O/c1-13-14(2)17-15(3)18-16(13)19(4)7-5-6-8-20-9-11-21-12-10-20/h5-12H2,1-4H3. The van der Waals surface area contributed by atoms with Gasteiger partial charge in [0.2, 0.25) is 0 Å². The van der Waals surface area contributed by atoms with E-state index >= 15 is 0 Å². The zero-order valence-corrected chi connectivity index (χ0v) is 13.9. The molecule has 0 unspecified atom stereocenters. The van der Waals surface area contributed by atoms with E-state index in [0.717, 1.165) is 50.2 Å². The van der Waals surface area contributed by atoms with Crippen molar-refractivity contribution in [2.75, 3.05) is 51.3 Å². The minimum atomic E-state index is 0.855. The lowest BCUT2D eigenvalue weighted by atomic mass is 10.2. The molecule has 118 valence electrons. The number of anilines is 1. The van der Waals surface area contributed by atoms with Crippen LogP contribution in [0.2, 0.25) is 0 Å². The maximum absolute atomic E-state index is 5.37. The summed E-state index contributed by atoms with van der Waals surface area (Å²) in [5, 5.41) is 0. The molecule has 1 aromatic rings. The molecular weight excluding hydrogens is 264 g/mol. The lowest BCUT2D eigenvalue weighted by molar-refractivity contribution is 0.0372. The molecule has 2 heterocycles.